The number of hydrogen-bond acceptors (Lipinski definition) is 3. The van der Waals surface area contributed by atoms with Gasteiger partial charge < -0.3 is 15.4 Å². The van der Waals surface area contributed by atoms with E-state index in [1.165, 1.54) is 6.07 Å². The van der Waals surface area contributed by atoms with Crippen LogP contribution in [0.15, 0.2) is 48.5 Å². The van der Waals surface area contributed by atoms with Gasteiger partial charge in [0.1, 0.15) is 11.4 Å². The summed E-state index contributed by atoms with van der Waals surface area (Å²) in [6, 6.07) is 15.1. The molecule has 0 unspecified atom stereocenters. The van der Waals surface area contributed by atoms with Gasteiger partial charge >= 0.3 is 6.09 Å². The minimum atomic E-state index is -0.682. The number of rotatable bonds is 4. The summed E-state index contributed by atoms with van der Waals surface area (Å²) in [5, 5.41) is 6.46. The van der Waals surface area contributed by atoms with Gasteiger partial charge in [-0.15, -0.1) is 0 Å². The van der Waals surface area contributed by atoms with Crippen LogP contribution >= 0.6 is 0 Å². The zero-order valence-corrected chi connectivity index (χ0v) is 17.0. The fraction of sp³-hybridized carbons (Fsp3) is 0.435. The van der Waals surface area contributed by atoms with Crippen LogP contribution in [0.1, 0.15) is 43.4 Å². The molecule has 2 aromatic carbocycles. The van der Waals surface area contributed by atoms with Crippen molar-refractivity contribution in [2.75, 3.05) is 13.1 Å². The Kier molecular flexibility index (Phi) is 5.75. The molecule has 0 aromatic heterocycles. The highest BCUT2D eigenvalue weighted by Gasteiger charge is 2.46. The summed E-state index contributed by atoms with van der Waals surface area (Å²) in [7, 11) is 0. The van der Waals surface area contributed by atoms with Gasteiger partial charge in [-0.2, -0.15) is 0 Å². The molecule has 28 heavy (non-hydrogen) atoms. The Balaban J connectivity index is 1.99. The zero-order chi connectivity index (χ0) is 20.4. The first-order chi connectivity index (χ1) is 13.2. The van der Waals surface area contributed by atoms with Crippen molar-refractivity contribution in [3.8, 4) is 0 Å². The van der Waals surface area contributed by atoms with E-state index in [-0.39, 0.29) is 11.7 Å². The number of benzene rings is 2. The van der Waals surface area contributed by atoms with Crippen LogP contribution in [-0.2, 0) is 11.2 Å². The average Bonchev–Trinajstić information content (AvgIpc) is 2.98. The van der Waals surface area contributed by atoms with E-state index in [1.54, 1.807) is 6.07 Å². The summed E-state index contributed by atoms with van der Waals surface area (Å²) in [6.07, 6.45) is 0.100. The summed E-state index contributed by atoms with van der Waals surface area (Å²) in [6.45, 7) is 8.58. The van der Waals surface area contributed by atoms with E-state index >= 15 is 0 Å². The van der Waals surface area contributed by atoms with Gasteiger partial charge in [-0.25, -0.2) is 9.18 Å². The van der Waals surface area contributed by atoms with E-state index in [2.05, 4.69) is 10.6 Å². The quantitative estimate of drug-likeness (QED) is 0.825. The third-order valence-corrected chi connectivity index (χ3v) is 5.10. The lowest BCUT2D eigenvalue weighted by atomic mass is 9.77. The van der Waals surface area contributed by atoms with Crippen LogP contribution in [-0.4, -0.2) is 30.3 Å². The topological polar surface area (TPSA) is 50.4 Å². The first-order valence-corrected chi connectivity index (χ1v) is 9.70. The summed E-state index contributed by atoms with van der Waals surface area (Å²) in [5.41, 5.74) is 1.42. The minimum absolute atomic E-state index is 0.208. The lowest BCUT2D eigenvalue weighted by Crippen LogP contribution is -2.56. The second kappa shape index (κ2) is 7.92. The van der Waals surface area contributed by atoms with Gasteiger partial charge in [-0.3, -0.25) is 0 Å². The fourth-order valence-electron chi connectivity index (χ4n) is 3.92. The Hall–Kier alpha value is -2.40. The Morgan fingerprint density at radius 1 is 1.25 bits per heavy atom. The van der Waals surface area contributed by atoms with E-state index in [1.807, 2.05) is 64.1 Å². The lowest BCUT2D eigenvalue weighted by molar-refractivity contribution is 0.0453. The molecule has 2 atom stereocenters. The summed E-state index contributed by atoms with van der Waals surface area (Å²) in [5.74, 6) is -0.456. The summed E-state index contributed by atoms with van der Waals surface area (Å²) < 4.78 is 20.3. The Morgan fingerprint density at radius 2 is 1.96 bits per heavy atom. The number of hydrogen-bond donors (Lipinski definition) is 2. The normalized spacial score (nSPS) is 22.1. The molecule has 0 spiro atoms. The molecular formula is C23H29FN2O2. The first kappa shape index (κ1) is 20.3. The van der Waals surface area contributed by atoms with E-state index < -0.39 is 17.2 Å². The number of ether oxygens (including phenoxy) is 1. The molecule has 2 aromatic rings. The van der Waals surface area contributed by atoms with Crippen LogP contribution in [0, 0.1) is 12.7 Å². The Morgan fingerprint density at radius 3 is 2.64 bits per heavy atom. The van der Waals surface area contributed by atoms with Crippen LogP contribution in [0.25, 0.3) is 0 Å². The van der Waals surface area contributed by atoms with Gasteiger partial charge in [-0.1, -0.05) is 48.0 Å². The lowest BCUT2D eigenvalue weighted by Gasteiger charge is -2.37. The third-order valence-electron chi connectivity index (χ3n) is 5.10. The SMILES string of the molecule is Cc1ccc(F)c([C@H]2CNC[C@]2(Cc2ccccc2)NC(=O)OC(C)(C)C)c1. The van der Waals surface area contributed by atoms with E-state index in [4.69, 9.17) is 4.74 Å². The predicted molar refractivity (Wildman–Crippen MR) is 109 cm³/mol. The summed E-state index contributed by atoms with van der Waals surface area (Å²) >= 11 is 0. The van der Waals surface area contributed by atoms with Crippen molar-refractivity contribution in [2.24, 2.45) is 0 Å². The van der Waals surface area contributed by atoms with Crippen molar-refractivity contribution in [1.29, 1.82) is 0 Å². The highest BCUT2D eigenvalue weighted by atomic mass is 19.1. The van der Waals surface area contributed by atoms with E-state index in [9.17, 15) is 9.18 Å². The number of nitrogens with one attached hydrogen (secondary N) is 2. The van der Waals surface area contributed by atoms with Crippen LogP contribution in [0.4, 0.5) is 9.18 Å². The van der Waals surface area contributed by atoms with E-state index in [0.29, 0.717) is 25.1 Å². The molecule has 0 saturated carbocycles. The van der Waals surface area contributed by atoms with Crippen molar-refractivity contribution in [2.45, 2.75) is 51.2 Å². The standard InChI is InChI=1S/C23H29FN2O2/c1-16-10-11-20(24)18(12-16)19-14-25-15-23(19,13-17-8-6-5-7-9-17)26-21(27)28-22(2,3)4/h5-12,19,25H,13-15H2,1-4H3,(H,26,27)/t19-,23+/m1/s1. The third kappa shape index (κ3) is 4.71. The molecule has 1 fully saturated rings. The largest absolute Gasteiger partial charge is 0.444 e. The number of halogens is 1. The van der Waals surface area contributed by atoms with Crippen LogP contribution in [0.3, 0.4) is 0 Å². The number of carbonyl (C=O) groups is 1. The van der Waals surface area contributed by atoms with Crippen molar-refractivity contribution >= 4 is 6.09 Å². The van der Waals surface area contributed by atoms with Crippen LogP contribution < -0.4 is 10.6 Å². The van der Waals surface area contributed by atoms with Crippen molar-refractivity contribution < 1.29 is 13.9 Å². The molecule has 2 N–H and O–H groups in total. The van der Waals surface area contributed by atoms with Crippen LogP contribution in [0.2, 0.25) is 0 Å². The molecule has 1 saturated heterocycles. The molecule has 5 heteroatoms. The maximum absolute atomic E-state index is 14.7. The Bertz CT molecular complexity index is 832. The fourth-order valence-corrected chi connectivity index (χ4v) is 3.92. The molecule has 0 aliphatic carbocycles. The molecule has 4 nitrogen and oxygen atoms in total. The van der Waals surface area contributed by atoms with Crippen molar-refractivity contribution in [1.82, 2.24) is 10.6 Å². The summed E-state index contributed by atoms with van der Waals surface area (Å²) in [4.78, 5) is 12.7. The molecule has 0 radical (unpaired) electrons. The molecule has 1 heterocycles. The molecule has 1 aliphatic heterocycles. The molecule has 1 amide bonds. The minimum Gasteiger partial charge on any atom is -0.444 e. The Labute approximate surface area is 166 Å². The number of aryl methyl sites for hydroxylation is 1. The van der Waals surface area contributed by atoms with Crippen LogP contribution in [0.5, 0.6) is 0 Å². The molecule has 150 valence electrons. The molecule has 0 bridgehead atoms. The van der Waals surface area contributed by atoms with Gasteiger partial charge in [0, 0.05) is 19.0 Å². The monoisotopic (exact) mass is 384 g/mol. The maximum Gasteiger partial charge on any atom is 0.408 e. The van der Waals surface area contributed by atoms with Crippen molar-refractivity contribution in [3.05, 3.63) is 71.0 Å². The van der Waals surface area contributed by atoms with Gasteiger partial charge in [-0.05, 0) is 51.3 Å². The van der Waals surface area contributed by atoms with Gasteiger partial charge in [0.05, 0.1) is 5.54 Å². The zero-order valence-electron chi connectivity index (χ0n) is 17.0. The van der Waals surface area contributed by atoms with Gasteiger partial charge in [0.15, 0.2) is 0 Å². The van der Waals surface area contributed by atoms with E-state index in [0.717, 1.165) is 11.1 Å². The number of alkyl carbamates (subject to hydrolysis) is 1. The first-order valence-electron chi connectivity index (χ1n) is 9.70. The highest BCUT2D eigenvalue weighted by Crippen LogP contribution is 2.36. The molecule has 1 aliphatic rings. The second-order valence-electron chi connectivity index (χ2n) is 8.65. The number of amides is 1. The number of carbonyl (C=O) groups excluding carboxylic acids is 1. The average molecular weight is 384 g/mol. The molecular weight excluding hydrogens is 355 g/mol. The second-order valence-corrected chi connectivity index (χ2v) is 8.65. The van der Waals surface area contributed by atoms with Gasteiger partial charge in [0.2, 0.25) is 0 Å². The molecule has 3 rings (SSSR count). The predicted octanol–water partition coefficient (Wildman–Crippen LogP) is 4.33. The maximum atomic E-state index is 14.7. The van der Waals surface area contributed by atoms with Crippen molar-refractivity contribution in [3.63, 3.8) is 0 Å². The highest BCUT2D eigenvalue weighted by molar-refractivity contribution is 5.69. The van der Waals surface area contributed by atoms with Gasteiger partial charge in [0.25, 0.3) is 0 Å². The smallest absolute Gasteiger partial charge is 0.408 e.